The van der Waals surface area contributed by atoms with Crippen molar-refractivity contribution in [2.45, 2.75) is 19.4 Å². The highest BCUT2D eigenvalue weighted by Crippen LogP contribution is 2.19. The summed E-state index contributed by atoms with van der Waals surface area (Å²) in [5.41, 5.74) is 3.82. The average Bonchev–Trinajstić information content (AvgIpc) is 3.04. The minimum absolute atomic E-state index is 0.212. The van der Waals surface area contributed by atoms with Gasteiger partial charge in [0, 0.05) is 29.6 Å². The molecule has 132 valence electrons. The maximum absolute atomic E-state index is 12.1. The van der Waals surface area contributed by atoms with Gasteiger partial charge in [-0.25, -0.2) is 4.79 Å². The molecular weight excluding hydrogens is 328 g/mol. The molecule has 0 radical (unpaired) electrons. The van der Waals surface area contributed by atoms with Crippen LogP contribution in [0, 0.1) is 6.92 Å². The smallest absolute Gasteiger partial charge is 0.326 e. The molecule has 5 nitrogen and oxygen atoms in total. The highest BCUT2D eigenvalue weighted by molar-refractivity contribution is 5.94. The third-order valence-electron chi connectivity index (χ3n) is 4.22. The second-order valence-corrected chi connectivity index (χ2v) is 6.21. The first kappa shape index (κ1) is 17.5. The lowest BCUT2D eigenvalue weighted by Crippen LogP contribution is -2.41. The normalized spacial score (nSPS) is 12.3. The number of H-pyrrole nitrogens is 1. The Labute approximate surface area is 151 Å². The zero-order chi connectivity index (χ0) is 18.5. The number of para-hydroxylation sites is 1. The molecule has 0 aliphatic rings. The van der Waals surface area contributed by atoms with Gasteiger partial charge in [-0.3, -0.25) is 4.79 Å². The number of aryl methyl sites for hydroxylation is 1. The number of carbonyl (C=O) groups is 2. The summed E-state index contributed by atoms with van der Waals surface area (Å²) < 4.78 is 0. The van der Waals surface area contributed by atoms with Crippen LogP contribution in [0.15, 0.2) is 60.8 Å². The first-order chi connectivity index (χ1) is 12.5. The second-order valence-electron chi connectivity index (χ2n) is 6.21. The predicted molar refractivity (Wildman–Crippen MR) is 102 cm³/mol. The minimum Gasteiger partial charge on any atom is -0.480 e. The quantitative estimate of drug-likeness (QED) is 0.598. The van der Waals surface area contributed by atoms with Crippen LogP contribution in [0.3, 0.4) is 0 Å². The van der Waals surface area contributed by atoms with Gasteiger partial charge in [0.15, 0.2) is 0 Å². The monoisotopic (exact) mass is 348 g/mol. The van der Waals surface area contributed by atoms with E-state index in [2.05, 4.69) is 10.3 Å². The molecule has 26 heavy (non-hydrogen) atoms. The van der Waals surface area contributed by atoms with E-state index >= 15 is 0 Å². The van der Waals surface area contributed by atoms with Crippen LogP contribution in [0.25, 0.3) is 17.0 Å². The Kier molecular flexibility index (Phi) is 5.17. The van der Waals surface area contributed by atoms with E-state index < -0.39 is 17.9 Å². The number of aromatic amines is 1. The van der Waals surface area contributed by atoms with Crippen LogP contribution < -0.4 is 5.32 Å². The van der Waals surface area contributed by atoms with Gasteiger partial charge in [0.2, 0.25) is 5.91 Å². The molecule has 0 aliphatic carbocycles. The molecule has 0 saturated carbocycles. The summed E-state index contributed by atoms with van der Waals surface area (Å²) in [6, 6.07) is 14.4. The van der Waals surface area contributed by atoms with Gasteiger partial charge in [-0.05, 0) is 30.2 Å². The topological polar surface area (TPSA) is 82.2 Å². The Bertz CT molecular complexity index is 955. The summed E-state index contributed by atoms with van der Waals surface area (Å²) >= 11 is 0. The van der Waals surface area contributed by atoms with E-state index in [9.17, 15) is 14.7 Å². The van der Waals surface area contributed by atoms with Crippen LogP contribution in [0.5, 0.6) is 0 Å². The Morgan fingerprint density at radius 3 is 2.62 bits per heavy atom. The first-order valence-electron chi connectivity index (χ1n) is 8.36. The van der Waals surface area contributed by atoms with Crippen molar-refractivity contribution in [2.75, 3.05) is 0 Å². The zero-order valence-corrected chi connectivity index (χ0v) is 14.4. The molecule has 1 heterocycles. The summed E-state index contributed by atoms with van der Waals surface area (Å²) in [6.45, 7) is 1.99. The van der Waals surface area contributed by atoms with E-state index in [1.165, 1.54) is 6.08 Å². The number of fused-ring (bicyclic) bond motifs is 1. The molecular formula is C21H20N2O3. The molecule has 3 N–H and O–H groups in total. The number of aliphatic carboxylic acids is 1. The Hall–Kier alpha value is -3.34. The summed E-state index contributed by atoms with van der Waals surface area (Å²) in [5, 5.41) is 13.0. The highest BCUT2D eigenvalue weighted by Gasteiger charge is 2.20. The zero-order valence-electron chi connectivity index (χ0n) is 14.4. The first-order valence-corrected chi connectivity index (χ1v) is 8.36. The number of hydrogen-bond acceptors (Lipinski definition) is 2. The van der Waals surface area contributed by atoms with Gasteiger partial charge in [-0.2, -0.15) is 0 Å². The van der Waals surface area contributed by atoms with Gasteiger partial charge in [-0.15, -0.1) is 0 Å². The largest absolute Gasteiger partial charge is 0.480 e. The lowest BCUT2D eigenvalue weighted by Gasteiger charge is -2.12. The molecule has 1 unspecified atom stereocenters. The van der Waals surface area contributed by atoms with Crippen molar-refractivity contribution < 1.29 is 14.7 Å². The van der Waals surface area contributed by atoms with E-state index in [0.29, 0.717) is 0 Å². The number of carbonyl (C=O) groups excluding carboxylic acids is 1. The van der Waals surface area contributed by atoms with Crippen molar-refractivity contribution >= 4 is 28.9 Å². The van der Waals surface area contributed by atoms with Gasteiger partial charge in [0.25, 0.3) is 0 Å². The Balaban J connectivity index is 1.69. The number of rotatable bonds is 6. The lowest BCUT2D eigenvalue weighted by molar-refractivity contribution is -0.141. The van der Waals surface area contributed by atoms with Crippen LogP contribution >= 0.6 is 0 Å². The molecule has 1 atom stereocenters. The fourth-order valence-electron chi connectivity index (χ4n) is 2.79. The SMILES string of the molecule is Cc1ccc(/C=C/C(=O)NC(Cc2c[nH]c3ccccc23)C(=O)O)cc1. The standard InChI is InChI=1S/C21H20N2O3/c1-14-6-8-15(9-7-14)10-11-20(24)23-19(21(25)26)12-16-13-22-18-5-3-2-4-17(16)18/h2-11,13,19,22H,12H2,1H3,(H,23,24)(H,25,26)/b11-10+. The minimum atomic E-state index is -1.06. The molecule has 1 aromatic heterocycles. The van der Waals surface area contributed by atoms with Crippen molar-refractivity contribution in [1.82, 2.24) is 10.3 Å². The molecule has 0 aliphatic heterocycles. The van der Waals surface area contributed by atoms with Crippen LogP contribution in [-0.2, 0) is 16.0 Å². The molecule has 0 fully saturated rings. The molecule has 0 saturated heterocycles. The molecule has 0 bridgehead atoms. The predicted octanol–water partition coefficient (Wildman–Crippen LogP) is 3.30. The van der Waals surface area contributed by atoms with Gasteiger partial charge in [-0.1, -0.05) is 48.0 Å². The maximum atomic E-state index is 12.1. The summed E-state index contributed by atoms with van der Waals surface area (Å²) in [4.78, 5) is 26.8. The number of nitrogens with one attached hydrogen (secondary N) is 2. The molecule has 3 rings (SSSR count). The maximum Gasteiger partial charge on any atom is 0.326 e. The van der Waals surface area contributed by atoms with Crippen LogP contribution in [-0.4, -0.2) is 28.0 Å². The highest BCUT2D eigenvalue weighted by atomic mass is 16.4. The third kappa shape index (κ3) is 4.19. The van der Waals surface area contributed by atoms with Gasteiger partial charge in [0.1, 0.15) is 6.04 Å². The number of aromatic nitrogens is 1. The number of benzene rings is 2. The number of hydrogen-bond donors (Lipinski definition) is 3. The Morgan fingerprint density at radius 2 is 1.88 bits per heavy atom. The molecule has 0 spiro atoms. The molecule has 1 amide bonds. The van der Waals surface area contributed by atoms with Crippen molar-refractivity contribution in [3.63, 3.8) is 0 Å². The summed E-state index contributed by atoms with van der Waals surface area (Å²) in [7, 11) is 0. The number of carboxylic acids is 1. The third-order valence-corrected chi connectivity index (χ3v) is 4.22. The molecule has 3 aromatic rings. The lowest BCUT2D eigenvalue weighted by atomic mass is 10.0. The van der Waals surface area contributed by atoms with Crippen LogP contribution in [0.1, 0.15) is 16.7 Å². The van der Waals surface area contributed by atoms with E-state index in [-0.39, 0.29) is 6.42 Å². The fraction of sp³-hybridized carbons (Fsp3) is 0.143. The van der Waals surface area contributed by atoms with Crippen molar-refractivity contribution in [3.8, 4) is 0 Å². The summed E-state index contributed by atoms with van der Waals surface area (Å²) in [6.07, 6.45) is 5.02. The summed E-state index contributed by atoms with van der Waals surface area (Å²) in [5.74, 6) is -1.50. The second kappa shape index (κ2) is 7.70. The Morgan fingerprint density at radius 1 is 1.15 bits per heavy atom. The number of amides is 1. The van der Waals surface area contributed by atoms with Gasteiger partial charge >= 0.3 is 5.97 Å². The van der Waals surface area contributed by atoms with E-state index in [1.807, 2.05) is 55.5 Å². The van der Waals surface area contributed by atoms with E-state index in [4.69, 9.17) is 0 Å². The average molecular weight is 348 g/mol. The molecule has 5 heteroatoms. The molecule has 2 aromatic carbocycles. The number of carboxylic acid groups (broad SMARTS) is 1. The van der Waals surface area contributed by atoms with Crippen LogP contribution in [0.4, 0.5) is 0 Å². The van der Waals surface area contributed by atoms with Crippen molar-refractivity contribution in [2.24, 2.45) is 0 Å². The van der Waals surface area contributed by atoms with Crippen LogP contribution in [0.2, 0.25) is 0 Å². The van der Waals surface area contributed by atoms with Gasteiger partial charge in [0.05, 0.1) is 0 Å². The van der Waals surface area contributed by atoms with Gasteiger partial charge < -0.3 is 15.4 Å². The van der Waals surface area contributed by atoms with E-state index in [1.54, 1.807) is 12.3 Å². The van der Waals surface area contributed by atoms with Crippen molar-refractivity contribution in [1.29, 1.82) is 0 Å². The van der Waals surface area contributed by atoms with E-state index in [0.717, 1.165) is 27.6 Å². The van der Waals surface area contributed by atoms with Crippen molar-refractivity contribution in [3.05, 3.63) is 77.5 Å². The fourth-order valence-corrected chi connectivity index (χ4v) is 2.79.